The smallest absolute Gasteiger partial charge is 0.324 e. The van der Waals surface area contributed by atoms with E-state index in [2.05, 4.69) is 35.6 Å². The number of nitrogens with zero attached hydrogens (tertiary/aromatic N) is 3. The van der Waals surface area contributed by atoms with Crippen LogP contribution in [0.1, 0.15) is 10.4 Å². The largest absolute Gasteiger partial charge is 0.383 e. The van der Waals surface area contributed by atoms with Crippen LogP contribution in [0, 0.1) is 0 Å². The van der Waals surface area contributed by atoms with Gasteiger partial charge in [0.15, 0.2) is 5.82 Å². The molecule has 0 unspecified atom stereocenters. The SMILES string of the molecule is Nc1ncnc2scc(C(=O)Nc3ccc(NC(=O)Nc4ccon4)cc3)c12. The average molecular weight is 395 g/mol. The van der Waals surface area contributed by atoms with Crippen molar-refractivity contribution in [2.75, 3.05) is 21.7 Å². The fourth-order valence-electron chi connectivity index (χ4n) is 2.46. The van der Waals surface area contributed by atoms with E-state index in [1.807, 2.05) is 0 Å². The highest BCUT2D eigenvalue weighted by Crippen LogP contribution is 2.28. The zero-order valence-corrected chi connectivity index (χ0v) is 15.0. The molecule has 3 amide bonds. The van der Waals surface area contributed by atoms with Crippen molar-refractivity contribution in [3.63, 3.8) is 0 Å². The van der Waals surface area contributed by atoms with Crippen LogP contribution in [0.5, 0.6) is 0 Å². The summed E-state index contributed by atoms with van der Waals surface area (Å²) in [7, 11) is 0. The second-order valence-electron chi connectivity index (χ2n) is 5.58. The second-order valence-corrected chi connectivity index (χ2v) is 6.44. The van der Waals surface area contributed by atoms with E-state index in [4.69, 9.17) is 5.73 Å². The molecule has 0 spiro atoms. The van der Waals surface area contributed by atoms with E-state index in [0.717, 1.165) is 0 Å². The summed E-state index contributed by atoms with van der Waals surface area (Å²) in [5.41, 5.74) is 7.37. The molecule has 1 aromatic carbocycles. The molecule has 0 aliphatic rings. The standard InChI is InChI=1S/C17H13N7O3S/c18-14-13-11(7-28-16(13)20-8-19-14)15(25)21-9-1-3-10(4-2-9)22-17(26)23-12-5-6-27-24-12/h1-8H,(H,21,25)(H2,18,19,20)(H2,22,23,24,26). The zero-order chi connectivity index (χ0) is 19.5. The maximum absolute atomic E-state index is 12.6. The fraction of sp³-hybridized carbons (Fsp3) is 0. The quantitative estimate of drug-likeness (QED) is 0.415. The normalized spacial score (nSPS) is 10.6. The Kier molecular flexibility index (Phi) is 4.56. The molecule has 0 bridgehead atoms. The summed E-state index contributed by atoms with van der Waals surface area (Å²) in [5, 5.41) is 13.8. The molecule has 0 aliphatic carbocycles. The van der Waals surface area contributed by atoms with Crippen LogP contribution in [0.4, 0.5) is 27.8 Å². The van der Waals surface area contributed by atoms with Gasteiger partial charge < -0.3 is 20.9 Å². The van der Waals surface area contributed by atoms with Crippen LogP contribution < -0.4 is 21.7 Å². The lowest BCUT2D eigenvalue weighted by atomic mass is 10.2. The van der Waals surface area contributed by atoms with Crippen molar-refractivity contribution in [1.82, 2.24) is 15.1 Å². The Hall–Kier alpha value is -3.99. The Morgan fingerprint density at radius 3 is 2.46 bits per heavy atom. The van der Waals surface area contributed by atoms with Crippen LogP contribution in [0.3, 0.4) is 0 Å². The second kappa shape index (κ2) is 7.32. The van der Waals surface area contributed by atoms with Gasteiger partial charge in [0.05, 0.1) is 10.9 Å². The number of hydrogen-bond donors (Lipinski definition) is 4. The molecule has 0 atom stereocenters. The number of hydrogen-bond acceptors (Lipinski definition) is 8. The molecule has 0 radical (unpaired) electrons. The first-order valence-corrected chi connectivity index (χ1v) is 8.85. The Balaban J connectivity index is 1.42. The lowest BCUT2D eigenvalue weighted by Crippen LogP contribution is -2.19. The molecule has 10 nitrogen and oxygen atoms in total. The van der Waals surface area contributed by atoms with Gasteiger partial charge in [0.1, 0.15) is 23.2 Å². The molecule has 0 saturated carbocycles. The van der Waals surface area contributed by atoms with E-state index in [1.165, 1.54) is 30.0 Å². The first kappa shape index (κ1) is 17.4. The maximum atomic E-state index is 12.6. The van der Waals surface area contributed by atoms with Gasteiger partial charge >= 0.3 is 6.03 Å². The molecular formula is C17H13N7O3S. The minimum absolute atomic E-state index is 0.258. The van der Waals surface area contributed by atoms with Crippen LogP contribution in [0.25, 0.3) is 10.2 Å². The minimum Gasteiger partial charge on any atom is -0.383 e. The molecule has 140 valence electrons. The number of fused-ring (bicyclic) bond motifs is 1. The number of nitrogens with two attached hydrogens (primary N) is 1. The topological polar surface area (TPSA) is 148 Å². The van der Waals surface area contributed by atoms with Gasteiger partial charge in [0.25, 0.3) is 5.91 Å². The number of amides is 3. The number of nitrogens with one attached hydrogen (secondary N) is 3. The summed E-state index contributed by atoms with van der Waals surface area (Å²) in [5.74, 6) is 0.235. The molecule has 3 aromatic heterocycles. The number of anilines is 4. The lowest BCUT2D eigenvalue weighted by molar-refractivity contribution is 0.102. The molecule has 3 heterocycles. The number of rotatable bonds is 4. The fourth-order valence-corrected chi connectivity index (χ4v) is 3.35. The van der Waals surface area contributed by atoms with E-state index in [0.29, 0.717) is 33.0 Å². The molecule has 5 N–H and O–H groups in total. The maximum Gasteiger partial charge on any atom is 0.324 e. The van der Waals surface area contributed by atoms with Gasteiger partial charge in [-0.25, -0.2) is 14.8 Å². The molecule has 4 aromatic rings. The van der Waals surface area contributed by atoms with E-state index < -0.39 is 6.03 Å². The van der Waals surface area contributed by atoms with E-state index >= 15 is 0 Å². The van der Waals surface area contributed by atoms with Crippen LogP contribution in [0.2, 0.25) is 0 Å². The predicted octanol–water partition coefficient (Wildman–Crippen LogP) is 3.16. The zero-order valence-electron chi connectivity index (χ0n) is 14.2. The minimum atomic E-state index is -0.467. The molecule has 4 rings (SSSR count). The summed E-state index contributed by atoms with van der Waals surface area (Å²) in [6.07, 6.45) is 2.71. The third-order valence-electron chi connectivity index (χ3n) is 3.72. The number of benzene rings is 1. The van der Waals surface area contributed by atoms with Crippen molar-refractivity contribution in [1.29, 1.82) is 0 Å². The third-order valence-corrected chi connectivity index (χ3v) is 4.61. The van der Waals surface area contributed by atoms with Crippen LogP contribution in [0.15, 0.2) is 52.8 Å². The van der Waals surface area contributed by atoms with Gasteiger partial charge in [0.2, 0.25) is 0 Å². The van der Waals surface area contributed by atoms with Crippen LogP contribution >= 0.6 is 11.3 Å². The lowest BCUT2D eigenvalue weighted by Gasteiger charge is -2.08. The van der Waals surface area contributed by atoms with Gasteiger partial charge in [-0.15, -0.1) is 11.3 Å². The first-order chi connectivity index (χ1) is 13.6. The van der Waals surface area contributed by atoms with Gasteiger partial charge in [0, 0.05) is 22.8 Å². The molecule has 28 heavy (non-hydrogen) atoms. The molecule has 0 fully saturated rings. The summed E-state index contributed by atoms with van der Waals surface area (Å²) in [4.78, 5) is 33.1. The highest BCUT2D eigenvalue weighted by molar-refractivity contribution is 7.17. The number of aromatic nitrogens is 3. The number of carbonyl (C=O) groups is 2. The molecular weight excluding hydrogens is 382 g/mol. The van der Waals surface area contributed by atoms with Crippen LogP contribution in [-0.4, -0.2) is 27.1 Å². The summed E-state index contributed by atoms with van der Waals surface area (Å²) in [6, 6.07) is 7.69. The van der Waals surface area contributed by atoms with E-state index in [1.54, 1.807) is 29.6 Å². The number of urea groups is 1. The highest BCUT2D eigenvalue weighted by Gasteiger charge is 2.16. The van der Waals surface area contributed by atoms with Crippen LogP contribution in [-0.2, 0) is 0 Å². The van der Waals surface area contributed by atoms with Crippen molar-refractivity contribution in [2.45, 2.75) is 0 Å². The van der Waals surface area contributed by atoms with E-state index in [-0.39, 0.29) is 11.7 Å². The van der Waals surface area contributed by atoms with Gasteiger partial charge in [-0.05, 0) is 24.3 Å². The monoisotopic (exact) mass is 395 g/mol. The van der Waals surface area contributed by atoms with Gasteiger partial charge in [-0.3, -0.25) is 10.1 Å². The third kappa shape index (κ3) is 3.59. The number of thiophene rings is 1. The van der Waals surface area contributed by atoms with Crippen molar-refractivity contribution in [3.8, 4) is 0 Å². The number of nitrogen functional groups attached to an aromatic ring is 1. The summed E-state index contributed by atoms with van der Waals surface area (Å²) >= 11 is 1.32. The predicted molar refractivity (Wildman–Crippen MR) is 105 cm³/mol. The van der Waals surface area contributed by atoms with Crippen molar-refractivity contribution in [3.05, 3.63) is 53.9 Å². The Morgan fingerprint density at radius 2 is 1.75 bits per heavy atom. The van der Waals surface area contributed by atoms with E-state index in [9.17, 15) is 9.59 Å². The summed E-state index contributed by atoms with van der Waals surface area (Å²) in [6.45, 7) is 0. The van der Waals surface area contributed by atoms with Crippen molar-refractivity contribution in [2.24, 2.45) is 0 Å². The van der Waals surface area contributed by atoms with Gasteiger partial charge in [-0.2, -0.15) is 0 Å². The summed E-state index contributed by atoms with van der Waals surface area (Å²) < 4.78 is 4.64. The Morgan fingerprint density at radius 1 is 1.00 bits per heavy atom. The van der Waals surface area contributed by atoms with Crippen molar-refractivity contribution >= 4 is 56.5 Å². The highest BCUT2D eigenvalue weighted by atomic mass is 32.1. The number of carbonyl (C=O) groups excluding carboxylic acids is 2. The molecule has 0 aliphatic heterocycles. The molecule has 0 saturated heterocycles. The van der Waals surface area contributed by atoms with Crippen molar-refractivity contribution < 1.29 is 14.1 Å². The Labute approximate surface area is 161 Å². The Bertz CT molecular complexity index is 1140. The molecule has 11 heteroatoms. The first-order valence-electron chi connectivity index (χ1n) is 7.97. The average Bonchev–Trinajstić information content (AvgIpc) is 3.33. The van der Waals surface area contributed by atoms with Gasteiger partial charge in [-0.1, -0.05) is 5.16 Å².